The second-order valence-electron chi connectivity index (χ2n) is 4.46. The van der Waals surface area contributed by atoms with Crippen molar-refractivity contribution in [2.45, 2.75) is 39.2 Å². The molecule has 0 aliphatic carbocycles. The van der Waals surface area contributed by atoms with E-state index in [1.807, 2.05) is 0 Å². The predicted molar refractivity (Wildman–Crippen MR) is 67.2 cm³/mol. The molecule has 1 rings (SSSR count). The van der Waals surface area contributed by atoms with E-state index in [2.05, 4.69) is 13.8 Å². The van der Waals surface area contributed by atoms with Gasteiger partial charge < -0.3 is 5.73 Å². The van der Waals surface area contributed by atoms with Crippen molar-refractivity contribution >= 4 is 11.6 Å². The van der Waals surface area contributed by atoms with E-state index in [9.17, 15) is 4.39 Å². The minimum absolute atomic E-state index is 0.122. The third-order valence-electron chi connectivity index (χ3n) is 2.88. The number of halogens is 2. The summed E-state index contributed by atoms with van der Waals surface area (Å²) < 4.78 is 12.9. The molecule has 3 heteroatoms. The highest BCUT2D eigenvalue weighted by atomic mass is 35.5. The smallest absolute Gasteiger partial charge is 0.141 e. The van der Waals surface area contributed by atoms with Crippen molar-refractivity contribution < 1.29 is 4.39 Å². The van der Waals surface area contributed by atoms with Gasteiger partial charge in [-0.2, -0.15) is 0 Å². The van der Waals surface area contributed by atoms with Crippen molar-refractivity contribution in [2.24, 2.45) is 11.7 Å². The summed E-state index contributed by atoms with van der Waals surface area (Å²) in [6.07, 6.45) is 2.88. The van der Waals surface area contributed by atoms with Gasteiger partial charge in [0.25, 0.3) is 0 Å². The molecule has 0 bridgehead atoms. The lowest BCUT2D eigenvalue weighted by Gasteiger charge is -2.16. The SMILES string of the molecule is CCC(C)CC(N)Cc1ccc(F)c(Cl)c1. The summed E-state index contributed by atoms with van der Waals surface area (Å²) in [6, 6.07) is 4.93. The lowest BCUT2D eigenvalue weighted by molar-refractivity contribution is 0.450. The number of hydrogen-bond donors (Lipinski definition) is 1. The van der Waals surface area contributed by atoms with Gasteiger partial charge in [0.1, 0.15) is 5.82 Å². The topological polar surface area (TPSA) is 26.0 Å². The molecule has 0 amide bonds. The molecular formula is C13H19ClFN. The van der Waals surface area contributed by atoms with Crippen LogP contribution in [0.15, 0.2) is 18.2 Å². The molecule has 0 heterocycles. The van der Waals surface area contributed by atoms with Crippen molar-refractivity contribution in [1.82, 2.24) is 0 Å². The van der Waals surface area contributed by atoms with Gasteiger partial charge in [-0.25, -0.2) is 4.39 Å². The van der Waals surface area contributed by atoms with Crippen molar-refractivity contribution in [3.8, 4) is 0 Å². The van der Waals surface area contributed by atoms with E-state index < -0.39 is 0 Å². The van der Waals surface area contributed by atoms with Gasteiger partial charge in [-0.05, 0) is 36.5 Å². The molecule has 0 aliphatic heterocycles. The second kappa shape index (κ2) is 6.21. The third-order valence-corrected chi connectivity index (χ3v) is 3.17. The van der Waals surface area contributed by atoms with Crippen molar-refractivity contribution in [3.05, 3.63) is 34.6 Å². The minimum atomic E-state index is -0.374. The van der Waals surface area contributed by atoms with Gasteiger partial charge in [0.15, 0.2) is 0 Å². The molecule has 1 nitrogen and oxygen atoms in total. The van der Waals surface area contributed by atoms with Crippen molar-refractivity contribution in [1.29, 1.82) is 0 Å². The van der Waals surface area contributed by atoms with Gasteiger partial charge in [-0.1, -0.05) is 37.9 Å². The number of benzene rings is 1. The van der Waals surface area contributed by atoms with Crippen LogP contribution in [0.4, 0.5) is 4.39 Å². The predicted octanol–water partition coefficient (Wildman–Crippen LogP) is 3.79. The highest BCUT2D eigenvalue weighted by molar-refractivity contribution is 6.30. The van der Waals surface area contributed by atoms with Crippen LogP contribution < -0.4 is 5.73 Å². The highest BCUT2D eigenvalue weighted by Crippen LogP contribution is 2.18. The summed E-state index contributed by atoms with van der Waals surface area (Å²) >= 11 is 5.71. The fourth-order valence-electron chi connectivity index (χ4n) is 1.74. The molecule has 2 N–H and O–H groups in total. The molecule has 2 unspecified atom stereocenters. The van der Waals surface area contributed by atoms with Gasteiger partial charge in [0.05, 0.1) is 5.02 Å². The van der Waals surface area contributed by atoms with E-state index >= 15 is 0 Å². The maximum atomic E-state index is 12.9. The van der Waals surface area contributed by atoms with Crippen LogP contribution >= 0.6 is 11.6 Å². The number of rotatable bonds is 5. The van der Waals surface area contributed by atoms with Crippen LogP contribution in [0.5, 0.6) is 0 Å². The van der Waals surface area contributed by atoms with E-state index in [-0.39, 0.29) is 16.9 Å². The number of hydrogen-bond acceptors (Lipinski definition) is 1. The monoisotopic (exact) mass is 243 g/mol. The van der Waals surface area contributed by atoms with E-state index in [1.54, 1.807) is 12.1 Å². The van der Waals surface area contributed by atoms with Crippen LogP contribution in [-0.4, -0.2) is 6.04 Å². The second-order valence-corrected chi connectivity index (χ2v) is 4.87. The fraction of sp³-hybridized carbons (Fsp3) is 0.538. The molecule has 90 valence electrons. The molecule has 0 fully saturated rings. The van der Waals surface area contributed by atoms with E-state index in [0.29, 0.717) is 5.92 Å². The zero-order chi connectivity index (χ0) is 12.1. The van der Waals surface area contributed by atoms with Gasteiger partial charge in [0.2, 0.25) is 0 Å². The van der Waals surface area contributed by atoms with Crippen LogP contribution in [0.2, 0.25) is 5.02 Å². The van der Waals surface area contributed by atoms with Gasteiger partial charge in [-0.3, -0.25) is 0 Å². The van der Waals surface area contributed by atoms with Crippen molar-refractivity contribution in [2.75, 3.05) is 0 Å². The molecule has 1 aromatic rings. The Kier molecular flexibility index (Phi) is 5.23. The highest BCUT2D eigenvalue weighted by Gasteiger charge is 2.09. The summed E-state index contributed by atoms with van der Waals surface area (Å²) in [6.45, 7) is 4.35. The molecule has 0 saturated heterocycles. The van der Waals surface area contributed by atoms with Gasteiger partial charge in [0, 0.05) is 6.04 Å². The average molecular weight is 244 g/mol. The van der Waals surface area contributed by atoms with E-state index in [4.69, 9.17) is 17.3 Å². The van der Waals surface area contributed by atoms with Crippen LogP contribution in [0, 0.1) is 11.7 Å². The first-order valence-corrected chi connectivity index (χ1v) is 6.10. The maximum absolute atomic E-state index is 12.9. The van der Waals surface area contributed by atoms with Crippen LogP contribution in [0.1, 0.15) is 32.3 Å². The molecule has 0 aromatic heterocycles. The summed E-state index contributed by atoms with van der Waals surface area (Å²) in [7, 11) is 0. The Bertz CT molecular complexity index is 341. The summed E-state index contributed by atoms with van der Waals surface area (Å²) in [5.41, 5.74) is 7.04. The quantitative estimate of drug-likeness (QED) is 0.837. The Morgan fingerprint density at radius 3 is 2.69 bits per heavy atom. The lowest BCUT2D eigenvalue weighted by Crippen LogP contribution is -2.25. The largest absolute Gasteiger partial charge is 0.327 e. The standard InChI is InChI=1S/C13H19ClFN/c1-3-9(2)6-11(16)7-10-4-5-13(15)12(14)8-10/h4-5,8-9,11H,3,6-7,16H2,1-2H3. The van der Waals surface area contributed by atoms with E-state index in [0.717, 1.165) is 24.8 Å². The zero-order valence-electron chi connectivity index (χ0n) is 9.84. The Morgan fingerprint density at radius 1 is 1.44 bits per heavy atom. The normalized spacial score (nSPS) is 14.8. The van der Waals surface area contributed by atoms with Crippen molar-refractivity contribution in [3.63, 3.8) is 0 Å². The lowest BCUT2D eigenvalue weighted by atomic mass is 9.95. The van der Waals surface area contributed by atoms with Crippen LogP contribution in [0.25, 0.3) is 0 Å². The molecule has 0 radical (unpaired) electrons. The maximum Gasteiger partial charge on any atom is 0.141 e. The number of nitrogens with two attached hydrogens (primary N) is 1. The molecule has 16 heavy (non-hydrogen) atoms. The fourth-order valence-corrected chi connectivity index (χ4v) is 1.94. The average Bonchev–Trinajstić information content (AvgIpc) is 2.23. The molecule has 0 spiro atoms. The Labute approximate surface area is 102 Å². The zero-order valence-corrected chi connectivity index (χ0v) is 10.6. The molecular weight excluding hydrogens is 225 g/mol. The van der Waals surface area contributed by atoms with Crippen LogP contribution in [0.3, 0.4) is 0 Å². The Hall–Kier alpha value is -0.600. The van der Waals surface area contributed by atoms with E-state index in [1.165, 1.54) is 6.07 Å². The molecule has 1 aromatic carbocycles. The van der Waals surface area contributed by atoms with Crippen LogP contribution in [-0.2, 0) is 6.42 Å². The first-order valence-electron chi connectivity index (χ1n) is 5.72. The third kappa shape index (κ3) is 4.11. The first kappa shape index (κ1) is 13.5. The van der Waals surface area contributed by atoms with Gasteiger partial charge in [-0.15, -0.1) is 0 Å². The molecule has 2 atom stereocenters. The first-order chi connectivity index (χ1) is 7.52. The minimum Gasteiger partial charge on any atom is -0.327 e. The summed E-state index contributed by atoms with van der Waals surface area (Å²) in [5.74, 6) is 0.256. The molecule has 0 saturated carbocycles. The Balaban J connectivity index is 2.56. The van der Waals surface area contributed by atoms with Gasteiger partial charge >= 0.3 is 0 Å². The molecule has 0 aliphatic rings. The summed E-state index contributed by atoms with van der Waals surface area (Å²) in [5, 5.41) is 0.174. The Morgan fingerprint density at radius 2 is 2.12 bits per heavy atom. The summed E-state index contributed by atoms with van der Waals surface area (Å²) in [4.78, 5) is 0.